The highest BCUT2D eigenvalue weighted by Crippen LogP contribution is 2.23. The second kappa shape index (κ2) is 8.23. The highest BCUT2D eigenvalue weighted by Gasteiger charge is 2.36. The Labute approximate surface area is 147 Å². The van der Waals surface area contributed by atoms with Crippen LogP contribution >= 0.6 is 0 Å². The number of nitrogens with zero attached hydrogens (tertiary/aromatic N) is 1. The van der Waals surface area contributed by atoms with Crippen molar-refractivity contribution in [3.63, 3.8) is 0 Å². The van der Waals surface area contributed by atoms with Gasteiger partial charge in [-0.15, -0.1) is 0 Å². The maximum Gasteiger partial charge on any atom is 0.240 e. The predicted molar refractivity (Wildman–Crippen MR) is 91.5 cm³/mol. The van der Waals surface area contributed by atoms with Gasteiger partial charge in [-0.3, -0.25) is 9.69 Å². The number of halogens is 1. The molecule has 138 valence electrons. The minimum absolute atomic E-state index is 0.0307. The van der Waals surface area contributed by atoms with Gasteiger partial charge >= 0.3 is 0 Å². The van der Waals surface area contributed by atoms with E-state index in [9.17, 15) is 9.18 Å². The first-order valence-corrected chi connectivity index (χ1v) is 8.81. The average molecular weight is 351 g/mol. The molecule has 3 rings (SSSR count). The molecule has 6 nitrogen and oxygen atoms in total. The van der Waals surface area contributed by atoms with Crippen LogP contribution in [0, 0.1) is 5.82 Å². The first kappa shape index (κ1) is 18.3. The minimum atomic E-state index is -0.864. The lowest BCUT2D eigenvalue weighted by Crippen LogP contribution is -2.58. The van der Waals surface area contributed by atoms with Crippen molar-refractivity contribution in [2.45, 2.75) is 24.4 Å². The lowest BCUT2D eigenvalue weighted by molar-refractivity contribution is -0.130. The molecule has 2 aliphatic heterocycles. The van der Waals surface area contributed by atoms with E-state index >= 15 is 0 Å². The van der Waals surface area contributed by atoms with E-state index in [0.717, 1.165) is 18.7 Å². The number of amides is 1. The summed E-state index contributed by atoms with van der Waals surface area (Å²) in [7, 11) is 0. The van der Waals surface area contributed by atoms with Gasteiger partial charge < -0.3 is 20.5 Å². The first-order chi connectivity index (χ1) is 12.1. The van der Waals surface area contributed by atoms with E-state index in [4.69, 9.17) is 15.2 Å². The van der Waals surface area contributed by atoms with Crippen LogP contribution in [0.25, 0.3) is 0 Å². The fraction of sp³-hybridized carbons (Fsp3) is 0.611. The Morgan fingerprint density at radius 1 is 1.16 bits per heavy atom. The molecule has 0 radical (unpaired) electrons. The van der Waals surface area contributed by atoms with Crippen molar-refractivity contribution in [2.24, 2.45) is 5.73 Å². The largest absolute Gasteiger partial charge is 0.381 e. The molecule has 0 aliphatic carbocycles. The van der Waals surface area contributed by atoms with Gasteiger partial charge in [-0.25, -0.2) is 4.39 Å². The lowest BCUT2D eigenvalue weighted by Gasteiger charge is -2.36. The van der Waals surface area contributed by atoms with Crippen LogP contribution in [-0.4, -0.2) is 62.4 Å². The van der Waals surface area contributed by atoms with Gasteiger partial charge in [0.2, 0.25) is 5.91 Å². The molecule has 2 aliphatic rings. The van der Waals surface area contributed by atoms with Crippen LogP contribution in [0.3, 0.4) is 0 Å². The van der Waals surface area contributed by atoms with Gasteiger partial charge in [0.25, 0.3) is 0 Å². The number of carbonyl (C=O) groups is 1. The first-order valence-electron chi connectivity index (χ1n) is 8.81. The molecule has 0 bridgehead atoms. The molecule has 3 N–H and O–H groups in total. The zero-order chi connectivity index (χ0) is 17.7. The van der Waals surface area contributed by atoms with E-state index in [1.165, 1.54) is 12.1 Å². The molecule has 25 heavy (non-hydrogen) atoms. The summed E-state index contributed by atoms with van der Waals surface area (Å²) < 4.78 is 24.0. The van der Waals surface area contributed by atoms with Gasteiger partial charge in [-0.05, 0) is 30.5 Å². The van der Waals surface area contributed by atoms with E-state index in [2.05, 4.69) is 10.2 Å². The zero-order valence-electron chi connectivity index (χ0n) is 14.4. The van der Waals surface area contributed by atoms with Gasteiger partial charge in [-0.1, -0.05) is 12.1 Å². The highest BCUT2D eigenvalue weighted by molar-refractivity contribution is 5.86. The fourth-order valence-corrected chi connectivity index (χ4v) is 3.36. The topological polar surface area (TPSA) is 76.8 Å². The number of morpholine rings is 1. The third kappa shape index (κ3) is 4.55. The molecule has 1 aromatic rings. The van der Waals surface area contributed by atoms with E-state index < -0.39 is 5.54 Å². The summed E-state index contributed by atoms with van der Waals surface area (Å²) >= 11 is 0. The Balaban J connectivity index is 1.68. The maximum atomic E-state index is 13.3. The molecule has 1 unspecified atom stereocenters. The van der Waals surface area contributed by atoms with E-state index in [1.54, 1.807) is 12.1 Å². The van der Waals surface area contributed by atoms with Gasteiger partial charge in [0.05, 0.1) is 24.8 Å². The highest BCUT2D eigenvalue weighted by atomic mass is 19.1. The van der Waals surface area contributed by atoms with Crippen LogP contribution in [0.4, 0.5) is 4.39 Å². The quantitative estimate of drug-likeness (QED) is 0.821. The smallest absolute Gasteiger partial charge is 0.240 e. The van der Waals surface area contributed by atoms with Crippen molar-refractivity contribution in [1.29, 1.82) is 0 Å². The Kier molecular flexibility index (Phi) is 6.01. The number of hydrogen-bond acceptors (Lipinski definition) is 5. The summed E-state index contributed by atoms with van der Waals surface area (Å²) in [6, 6.07) is 6.42. The maximum absolute atomic E-state index is 13.3. The second-order valence-electron chi connectivity index (χ2n) is 6.69. The van der Waals surface area contributed by atoms with Crippen LogP contribution in [0.1, 0.15) is 24.4 Å². The Morgan fingerprint density at radius 3 is 2.40 bits per heavy atom. The summed E-state index contributed by atoms with van der Waals surface area (Å²) in [5, 5.41) is 3.01. The van der Waals surface area contributed by atoms with Crippen molar-refractivity contribution < 1.29 is 18.7 Å². The lowest BCUT2D eigenvalue weighted by atomic mass is 9.90. The molecule has 2 fully saturated rings. The zero-order valence-corrected chi connectivity index (χ0v) is 14.4. The van der Waals surface area contributed by atoms with E-state index in [0.29, 0.717) is 45.8 Å². The number of benzene rings is 1. The van der Waals surface area contributed by atoms with Gasteiger partial charge in [-0.2, -0.15) is 0 Å². The molecular weight excluding hydrogens is 325 g/mol. The van der Waals surface area contributed by atoms with Crippen LogP contribution in [0.5, 0.6) is 0 Å². The molecule has 1 atom stereocenters. The van der Waals surface area contributed by atoms with Crippen molar-refractivity contribution >= 4 is 5.91 Å². The number of ether oxygens (including phenoxy) is 2. The average Bonchev–Trinajstić information content (AvgIpc) is 2.64. The standard InChI is InChI=1S/C18H26FN3O3/c19-15-3-1-14(2-4-15)16(22-7-11-25-12-8-22)13-21-17(23)18(20)5-9-24-10-6-18/h1-4,16H,5-13,20H2,(H,21,23). The number of hydrogen-bond donors (Lipinski definition) is 2. The third-order valence-electron chi connectivity index (χ3n) is 5.03. The molecule has 2 heterocycles. The summed E-state index contributed by atoms with van der Waals surface area (Å²) in [5.74, 6) is -0.409. The number of rotatable bonds is 5. The molecule has 7 heteroatoms. The monoisotopic (exact) mass is 351 g/mol. The van der Waals surface area contributed by atoms with E-state index in [1.807, 2.05) is 0 Å². The van der Waals surface area contributed by atoms with Gasteiger partial charge in [0, 0.05) is 32.8 Å². The Hall–Kier alpha value is -1.54. The molecular formula is C18H26FN3O3. The van der Waals surface area contributed by atoms with Crippen molar-refractivity contribution in [3.8, 4) is 0 Å². The fourth-order valence-electron chi connectivity index (χ4n) is 3.36. The van der Waals surface area contributed by atoms with Crippen molar-refractivity contribution in [1.82, 2.24) is 10.2 Å². The van der Waals surface area contributed by atoms with Crippen LogP contribution in [0.2, 0.25) is 0 Å². The summed E-state index contributed by atoms with van der Waals surface area (Å²) in [6.45, 7) is 4.32. The number of carbonyl (C=O) groups excluding carboxylic acids is 1. The molecule has 2 saturated heterocycles. The molecule has 0 aromatic heterocycles. The summed E-state index contributed by atoms with van der Waals surface area (Å²) in [5.41, 5.74) is 6.36. The van der Waals surface area contributed by atoms with Crippen LogP contribution < -0.4 is 11.1 Å². The number of nitrogens with two attached hydrogens (primary N) is 1. The summed E-state index contributed by atoms with van der Waals surface area (Å²) in [6.07, 6.45) is 1.05. The minimum Gasteiger partial charge on any atom is -0.381 e. The molecule has 1 aromatic carbocycles. The van der Waals surface area contributed by atoms with Crippen molar-refractivity contribution in [2.75, 3.05) is 46.1 Å². The number of nitrogens with one attached hydrogen (secondary N) is 1. The SMILES string of the molecule is NC1(C(=O)NCC(c2ccc(F)cc2)N2CCOCC2)CCOCC1. The molecule has 0 spiro atoms. The molecule has 0 saturated carbocycles. The van der Waals surface area contributed by atoms with Crippen molar-refractivity contribution in [3.05, 3.63) is 35.6 Å². The van der Waals surface area contributed by atoms with Gasteiger partial charge in [0.15, 0.2) is 0 Å². The Bertz CT molecular complexity index is 569. The predicted octanol–water partition coefficient (Wildman–Crippen LogP) is 0.823. The van der Waals surface area contributed by atoms with Crippen LogP contribution in [-0.2, 0) is 14.3 Å². The normalized spacial score (nSPS) is 22.3. The summed E-state index contributed by atoms with van der Waals surface area (Å²) in [4.78, 5) is 14.9. The third-order valence-corrected chi connectivity index (χ3v) is 5.03. The molecule has 1 amide bonds. The van der Waals surface area contributed by atoms with Gasteiger partial charge in [0.1, 0.15) is 5.82 Å². The van der Waals surface area contributed by atoms with Crippen LogP contribution in [0.15, 0.2) is 24.3 Å². The Morgan fingerprint density at radius 2 is 1.76 bits per heavy atom. The second-order valence-corrected chi connectivity index (χ2v) is 6.69. The van der Waals surface area contributed by atoms with E-state index in [-0.39, 0.29) is 17.8 Å².